The molecule has 1 aromatic carbocycles. The molecule has 1 saturated carbocycles. The second-order valence-corrected chi connectivity index (χ2v) is 7.62. The number of nitrogens with one attached hydrogen (secondary N) is 3. The molecule has 1 heterocycles. The Bertz CT molecular complexity index is 817. The molecule has 156 valence electrons. The molecule has 0 bridgehead atoms. The molecular formula is C20H26N4O5. The van der Waals surface area contributed by atoms with E-state index in [4.69, 9.17) is 4.74 Å². The largest absolute Gasteiger partial charge is 0.484 e. The standard InChI is InChI=1S/C20H26N4O5/c1-13-6-8-20(9-7-13)18(27)24(19(28)23-20)11-16(25)22-14-4-3-5-15(10-14)29-12-17(26)21-2/h3-5,10,13H,6-9,11-12H2,1-2H3,(H,21,26)(H,22,25)(H,23,28). The summed E-state index contributed by atoms with van der Waals surface area (Å²) in [5, 5.41) is 7.91. The fourth-order valence-electron chi connectivity index (χ4n) is 3.64. The number of hydrogen-bond donors (Lipinski definition) is 3. The van der Waals surface area contributed by atoms with Gasteiger partial charge in [-0.3, -0.25) is 19.3 Å². The quantitative estimate of drug-likeness (QED) is 0.619. The van der Waals surface area contributed by atoms with Crippen molar-refractivity contribution in [1.29, 1.82) is 0 Å². The Labute approximate surface area is 169 Å². The third kappa shape index (κ3) is 4.67. The van der Waals surface area contributed by atoms with Gasteiger partial charge in [0.25, 0.3) is 11.8 Å². The van der Waals surface area contributed by atoms with Crippen LogP contribution < -0.4 is 20.7 Å². The number of nitrogens with zero attached hydrogens (tertiary/aromatic N) is 1. The molecule has 3 N–H and O–H groups in total. The van der Waals surface area contributed by atoms with E-state index in [2.05, 4.69) is 22.9 Å². The van der Waals surface area contributed by atoms with Gasteiger partial charge in [-0.25, -0.2) is 4.79 Å². The third-order valence-corrected chi connectivity index (χ3v) is 5.44. The van der Waals surface area contributed by atoms with Gasteiger partial charge >= 0.3 is 6.03 Å². The van der Waals surface area contributed by atoms with E-state index in [0.717, 1.165) is 17.7 Å². The van der Waals surface area contributed by atoms with Crippen molar-refractivity contribution < 1.29 is 23.9 Å². The smallest absolute Gasteiger partial charge is 0.325 e. The van der Waals surface area contributed by atoms with Gasteiger partial charge in [-0.2, -0.15) is 0 Å². The number of amides is 5. The monoisotopic (exact) mass is 402 g/mol. The SMILES string of the molecule is CNC(=O)COc1cccc(NC(=O)CN2C(=O)NC3(CCC(C)CC3)C2=O)c1. The number of hydrogen-bond acceptors (Lipinski definition) is 5. The van der Waals surface area contributed by atoms with Crippen LogP contribution in [0.25, 0.3) is 0 Å². The molecule has 0 atom stereocenters. The maximum absolute atomic E-state index is 12.8. The lowest BCUT2D eigenvalue weighted by molar-refractivity contribution is -0.135. The summed E-state index contributed by atoms with van der Waals surface area (Å²) in [4.78, 5) is 49.8. The number of carbonyl (C=O) groups is 4. The minimum Gasteiger partial charge on any atom is -0.484 e. The minimum atomic E-state index is -0.864. The molecule has 2 fully saturated rings. The molecule has 9 nitrogen and oxygen atoms in total. The van der Waals surface area contributed by atoms with Gasteiger partial charge in [0.1, 0.15) is 17.8 Å². The highest BCUT2D eigenvalue weighted by molar-refractivity contribution is 6.10. The van der Waals surface area contributed by atoms with Crippen LogP contribution in [0, 0.1) is 5.92 Å². The zero-order valence-corrected chi connectivity index (χ0v) is 16.6. The normalized spacial score (nSPS) is 23.7. The Morgan fingerprint density at radius 1 is 1.24 bits per heavy atom. The van der Waals surface area contributed by atoms with Crippen molar-refractivity contribution in [3.8, 4) is 5.75 Å². The maximum Gasteiger partial charge on any atom is 0.325 e. The van der Waals surface area contributed by atoms with Gasteiger partial charge < -0.3 is 20.7 Å². The van der Waals surface area contributed by atoms with Gasteiger partial charge in [-0.1, -0.05) is 13.0 Å². The molecule has 0 aromatic heterocycles. The van der Waals surface area contributed by atoms with Crippen LogP contribution in [-0.4, -0.2) is 54.4 Å². The molecule has 29 heavy (non-hydrogen) atoms. The lowest BCUT2D eigenvalue weighted by Gasteiger charge is -2.33. The maximum atomic E-state index is 12.8. The van der Waals surface area contributed by atoms with Gasteiger partial charge in [0.15, 0.2) is 6.61 Å². The van der Waals surface area contributed by atoms with E-state index < -0.39 is 17.5 Å². The highest BCUT2D eigenvalue weighted by Gasteiger charge is 2.52. The first kappa shape index (κ1) is 20.6. The van der Waals surface area contributed by atoms with Crippen molar-refractivity contribution in [2.75, 3.05) is 25.5 Å². The molecule has 1 aromatic rings. The molecule has 2 aliphatic rings. The Morgan fingerprint density at radius 2 is 1.97 bits per heavy atom. The Balaban J connectivity index is 1.59. The first-order valence-corrected chi connectivity index (χ1v) is 9.70. The number of rotatable bonds is 6. The zero-order chi connectivity index (χ0) is 21.0. The summed E-state index contributed by atoms with van der Waals surface area (Å²) < 4.78 is 5.34. The van der Waals surface area contributed by atoms with Crippen molar-refractivity contribution in [2.24, 2.45) is 5.92 Å². The van der Waals surface area contributed by atoms with E-state index in [9.17, 15) is 19.2 Å². The minimum absolute atomic E-state index is 0.142. The molecule has 1 aliphatic carbocycles. The van der Waals surface area contributed by atoms with Gasteiger partial charge in [-0.05, 0) is 43.7 Å². The number of benzene rings is 1. The van der Waals surface area contributed by atoms with Crippen molar-refractivity contribution >= 4 is 29.4 Å². The summed E-state index contributed by atoms with van der Waals surface area (Å²) >= 11 is 0. The molecule has 1 saturated heterocycles. The number of likely N-dealkylation sites (N-methyl/N-ethyl adjacent to an activating group) is 1. The zero-order valence-electron chi connectivity index (χ0n) is 16.6. The first-order valence-electron chi connectivity index (χ1n) is 9.70. The number of ether oxygens (including phenoxy) is 1. The Morgan fingerprint density at radius 3 is 2.66 bits per heavy atom. The van der Waals surface area contributed by atoms with Crippen LogP contribution in [0.5, 0.6) is 5.75 Å². The van der Waals surface area contributed by atoms with Crippen LogP contribution in [0.3, 0.4) is 0 Å². The fraction of sp³-hybridized carbons (Fsp3) is 0.500. The van der Waals surface area contributed by atoms with E-state index in [1.54, 1.807) is 24.3 Å². The molecule has 3 rings (SSSR count). The molecule has 1 aliphatic heterocycles. The lowest BCUT2D eigenvalue weighted by atomic mass is 9.77. The molecule has 0 unspecified atom stereocenters. The van der Waals surface area contributed by atoms with Gasteiger partial charge in [-0.15, -0.1) is 0 Å². The second-order valence-electron chi connectivity index (χ2n) is 7.62. The van der Waals surface area contributed by atoms with E-state index in [-0.39, 0.29) is 25.0 Å². The van der Waals surface area contributed by atoms with Crippen molar-refractivity contribution in [3.63, 3.8) is 0 Å². The Kier molecular flexibility index (Phi) is 6.05. The van der Waals surface area contributed by atoms with Crippen molar-refractivity contribution in [1.82, 2.24) is 15.5 Å². The van der Waals surface area contributed by atoms with Crippen LogP contribution in [0.4, 0.5) is 10.5 Å². The van der Waals surface area contributed by atoms with Crippen LogP contribution in [0.15, 0.2) is 24.3 Å². The van der Waals surface area contributed by atoms with E-state index in [0.29, 0.717) is 30.2 Å². The number of imide groups is 1. The average Bonchev–Trinajstić information content (AvgIpc) is 2.93. The molecule has 9 heteroatoms. The summed E-state index contributed by atoms with van der Waals surface area (Å²) in [7, 11) is 1.51. The van der Waals surface area contributed by atoms with E-state index in [1.165, 1.54) is 7.05 Å². The second kappa shape index (κ2) is 8.50. The number of carbonyl (C=O) groups excluding carboxylic acids is 4. The number of anilines is 1. The molecule has 0 radical (unpaired) electrons. The molecular weight excluding hydrogens is 376 g/mol. The summed E-state index contributed by atoms with van der Waals surface area (Å²) in [6.45, 7) is 1.63. The molecule has 1 spiro atoms. The summed E-state index contributed by atoms with van der Waals surface area (Å²) in [5.41, 5.74) is -0.421. The summed E-state index contributed by atoms with van der Waals surface area (Å²) in [6, 6.07) is 6.02. The highest BCUT2D eigenvalue weighted by Crippen LogP contribution is 2.36. The fourth-order valence-corrected chi connectivity index (χ4v) is 3.64. The van der Waals surface area contributed by atoms with Crippen LogP contribution in [0.1, 0.15) is 32.6 Å². The third-order valence-electron chi connectivity index (χ3n) is 5.44. The lowest BCUT2D eigenvalue weighted by Crippen LogP contribution is -2.49. The summed E-state index contributed by atoms with van der Waals surface area (Å²) in [6.07, 6.45) is 2.94. The molecule has 5 amide bonds. The van der Waals surface area contributed by atoms with Gasteiger partial charge in [0, 0.05) is 18.8 Å². The van der Waals surface area contributed by atoms with Crippen LogP contribution >= 0.6 is 0 Å². The van der Waals surface area contributed by atoms with Gasteiger partial charge in [0.05, 0.1) is 0 Å². The topological polar surface area (TPSA) is 117 Å². The van der Waals surface area contributed by atoms with Gasteiger partial charge in [0.2, 0.25) is 5.91 Å². The van der Waals surface area contributed by atoms with E-state index >= 15 is 0 Å². The van der Waals surface area contributed by atoms with Crippen molar-refractivity contribution in [3.05, 3.63) is 24.3 Å². The first-order chi connectivity index (χ1) is 13.8. The van der Waals surface area contributed by atoms with Crippen LogP contribution in [0.2, 0.25) is 0 Å². The predicted octanol–water partition coefficient (Wildman–Crippen LogP) is 1.25. The average molecular weight is 402 g/mol. The highest BCUT2D eigenvalue weighted by atomic mass is 16.5. The summed E-state index contributed by atoms with van der Waals surface area (Å²) in [5.74, 6) is -0.147. The van der Waals surface area contributed by atoms with E-state index in [1.807, 2.05) is 0 Å². The van der Waals surface area contributed by atoms with Crippen molar-refractivity contribution in [2.45, 2.75) is 38.1 Å². The Hall–Kier alpha value is -3.10. The predicted molar refractivity (Wildman–Crippen MR) is 105 cm³/mol. The van der Waals surface area contributed by atoms with Crippen LogP contribution in [-0.2, 0) is 14.4 Å². The number of urea groups is 1.